The van der Waals surface area contributed by atoms with Gasteiger partial charge in [0.25, 0.3) is 0 Å². The van der Waals surface area contributed by atoms with Crippen LogP contribution < -0.4 is 0 Å². The van der Waals surface area contributed by atoms with Gasteiger partial charge in [0.15, 0.2) is 17.5 Å². The quantitative estimate of drug-likeness (QED) is 0.221. The fourth-order valence-electron chi connectivity index (χ4n) is 6.27. The van der Waals surface area contributed by atoms with Crippen molar-refractivity contribution >= 4 is 10.8 Å². The van der Waals surface area contributed by atoms with Crippen molar-refractivity contribution in [1.29, 1.82) is 0 Å². The highest BCUT2D eigenvalue weighted by molar-refractivity contribution is 5.90. The molecule has 0 unspecified atom stereocenters. The van der Waals surface area contributed by atoms with Crippen LogP contribution in [0.1, 0.15) is 51.7 Å². The molecule has 0 amide bonds. The van der Waals surface area contributed by atoms with Gasteiger partial charge in [-0.05, 0) is 68.8 Å². The molecule has 0 N–H and O–H groups in total. The Kier molecular flexibility index (Phi) is 6.27. The van der Waals surface area contributed by atoms with Crippen molar-refractivity contribution in [3.63, 3.8) is 0 Å². The molecule has 7 rings (SSSR count). The normalized spacial score (nSPS) is 15.3. The highest BCUT2D eigenvalue weighted by Crippen LogP contribution is 2.47. The van der Waals surface area contributed by atoms with Crippen molar-refractivity contribution in [3.05, 3.63) is 126 Å². The Labute approximate surface area is 248 Å². The summed E-state index contributed by atoms with van der Waals surface area (Å²) in [6.45, 7) is 9.54. The van der Waals surface area contributed by atoms with Crippen molar-refractivity contribution in [2.75, 3.05) is 0 Å². The molecule has 42 heavy (non-hydrogen) atoms. The van der Waals surface area contributed by atoms with E-state index in [2.05, 4.69) is 82.3 Å². The monoisotopic (exact) mass is 545 g/mol. The van der Waals surface area contributed by atoms with Crippen molar-refractivity contribution in [2.24, 2.45) is 0 Å². The fourth-order valence-corrected chi connectivity index (χ4v) is 6.27. The molecule has 0 atom stereocenters. The van der Waals surface area contributed by atoms with Gasteiger partial charge < -0.3 is 0 Å². The van der Waals surface area contributed by atoms with Crippen LogP contribution in [-0.2, 0) is 10.8 Å². The van der Waals surface area contributed by atoms with E-state index in [-0.39, 0.29) is 10.8 Å². The molecule has 0 saturated carbocycles. The maximum absolute atomic E-state index is 4.94. The molecule has 6 aromatic rings. The fraction of sp³-hybridized carbons (Fsp3) is 0.205. The number of benzene rings is 5. The molecule has 0 radical (unpaired) electrons. The Morgan fingerprint density at radius 1 is 0.405 bits per heavy atom. The summed E-state index contributed by atoms with van der Waals surface area (Å²) in [4.78, 5) is 14.7. The lowest BCUT2D eigenvalue weighted by molar-refractivity contribution is 0.332. The average molecular weight is 546 g/mol. The van der Waals surface area contributed by atoms with Crippen LogP contribution in [0.15, 0.2) is 115 Å². The van der Waals surface area contributed by atoms with Crippen LogP contribution in [0, 0.1) is 0 Å². The minimum atomic E-state index is 0.177. The van der Waals surface area contributed by atoms with Gasteiger partial charge >= 0.3 is 0 Å². The third-order valence-electron chi connectivity index (χ3n) is 8.98. The standard InChI is InChI=1S/C39H35N3/c1-38(2)21-22-39(3,4)34-25-30(19-20-33(34)38)29-17-15-26-16-18-31(24-32(26)23-29)37-41-35(27-11-7-5-8-12-27)40-36(42-37)28-13-9-6-10-14-28/h5-20,23-25H,21-22H2,1-4H3. The van der Waals surface area contributed by atoms with Gasteiger partial charge in [0.05, 0.1) is 0 Å². The predicted molar refractivity (Wildman–Crippen MR) is 174 cm³/mol. The van der Waals surface area contributed by atoms with Crippen LogP contribution in [0.3, 0.4) is 0 Å². The van der Waals surface area contributed by atoms with E-state index in [4.69, 9.17) is 15.0 Å². The molecule has 1 aliphatic rings. The first-order chi connectivity index (χ1) is 20.3. The molecule has 0 fully saturated rings. The molecule has 0 bridgehead atoms. The average Bonchev–Trinajstić information content (AvgIpc) is 3.03. The van der Waals surface area contributed by atoms with Gasteiger partial charge in [-0.2, -0.15) is 0 Å². The van der Waals surface area contributed by atoms with Crippen molar-refractivity contribution < 1.29 is 0 Å². The number of hydrogen-bond donors (Lipinski definition) is 0. The number of rotatable bonds is 4. The summed E-state index contributed by atoms with van der Waals surface area (Å²) in [6.07, 6.45) is 2.43. The zero-order valence-electron chi connectivity index (χ0n) is 24.7. The van der Waals surface area contributed by atoms with Gasteiger partial charge in [0, 0.05) is 16.7 Å². The van der Waals surface area contributed by atoms with E-state index in [0.29, 0.717) is 17.5 Å². The predicted octanol–water partition coefficient (Wildman–Crippen LogP) is 10.0. The summed E-state index contributed by atoms with van der Waals surface area (Å²) in [6, 6.07) is 40.6. The van der Waals surface area contributed by atoms with E-state index in [0.717, 1.165) is 16.7 Å². The van der Waals surface area contributed by atoms with E-state index < -0.39 is 0 Å². The summed E-state index contributed by atoms with van der Waals surface area (Å²) in [5.41, 5.74) is 8.78. The Morgan fingerprint density at radius 2 is 0.857 bits per heavy atom. The number of aromatic nitrogens is 3. The van der Waals surface area contributed by atoms with E-state index in [1.807, 2.05) is 60.7 Å². The molecule has 3 heteroatoms. The summed E-state index contributed by atoms with van der Waals surface area (Å²) < 4.78 is 0. The number of nitrogens with zero attached hydrogens (tertiary/aromatic N) is 3. The molecule has 1 aromatic heterocycles. The summed E-state index contributed by atoms with van der Waals surface area (Å²) in [7, 11) is 0. The lowest BCUT2D eigenvalue weighted by Gasteiger charge is -2.42. The molecule has 0 aliphatic heterocycles. The summed E-state index contributed by atoms with van der Waals surface area (Å²) in [5, 5.41) is 2.37. The van der Waals surface area contributed by atoms with E-state index in [1.54, 1.807) is 0 Å². The molecular weight excluding hydrogens is 510 g/mol. The number of fused-ring (bicyclic) bond motifs is 2. The minimum absolute atomic E-state index is 0.177. The van der Waals surface area contributed by atoms with Crippen molar-refractivity contribution in [3.8, 4) is 45.3 Å². The molecule has 0 spiro atoms. The summed E-state index contributed by atoms with van der Waals surface area (Å²) >= 11 is 0. The first-order valence-electron chi connectivity index (χ1n) is 14.8. The van der Waals surface area contributed by atoms with Crippen molar-refractivity contribution in [1.82, 2.24) is 15.0 Å². The maximum Gasteiger partial charge on any atom is 0.164 e. The first kappa shape index (κ1) is 26.3. The van der Waals surface area contributed by atoms with E-state index in [9.17, 15) is 0 Å². The van der Waals surface area contributed by atoms with Crippen LogP contribution in [0.4, 0.5) is 0 Å². The highest BCUT2D eigenvalue weighted by atomic mass is 15.0. The Morgan fingerprint density at radius 3 is 1.45 bits per heavy atom. The first-order valence-corrected chi connectivity index (χ1v) is 14.8. The van der Waals surface area contributed by atoms with Crippen LogP contribution in [0.2, 0.25) is 0 Å². The van der Waals surface area contributed by atoms with Crippen LogP contribution >= 0.6 is 0 Å². The summed E-state index contributed by atoms with van der Waals surface area (Å²) in [5.74, 6) is 2.02. The molecule has 3 nitrogen and oxygen atoms in total. The molecule has 206 valence electrons. The van der Waals surface area contributed by atoms with Crippen LogP contribution in [-0.4, -0.2) is 15.0 Å². The van der Waals surface area contributed by atoms with Gasteiger partial charge in [0.1, 0.15) is 0 Å². The zero-order chi connectivity index (χ0) is 28.9. The number of hydrogen-bond acceptors (Lipinski definition) is 3. The second kappa shape index (κ2) is 10.0. The third-order valence-corrected chi connectivity index (χ3v) is 8.98. The lowest BCUT2D eigenvalue weighted by atomic mass is 9.63. The topological polar surface area (TPSA) is 38.7 Å². The minimum Gasteiger partial charge on any atom is -0.208 e. The van der Waals surface area contributed by atoms with Gasteiger partial charge in [-0.3, -0.25) is 0 Å². The maximum atomic E-state index is 4.94. The molecule has 1 aliphatic carbocycles. The Balaban J connectivity index is 1.33. The van der Waals surface area contributed by atoms with Crippen molar-refractivity contribution in [2.45, 2.75) is 51.4 Å². The smallest absolute Gasteiger partial charge is 0.164 e. The highest BCUT2D eigenvalue weighted by Gasteiger charge is 2.37. The van der Waals surface area contributed by atoms with E-state index in [1.165, 1.54) is 45.9 Å². The zero-order valence-corrected chi connectivity index (χ0v) is 24.7. The van der Waals surface area contributed by atoms with Crippen LogP contribution in [0.5, 0.6) is 0 Å². The Bertz CT molecular complexity index is 1860. The SMILES string of the molecule is CC1(C)CCC(C)(C)c2cc(-c3ccc4ccc(-c5nc(-c6ccccc6)nc(-c6ccccc6)n5)cc4c3)ccc21. The molecule has 0 saturated heterocycles. The molecule has 1 heterocycles. The van der Waals surface area contributed by atoms with E-state index >= 15 is 0 Å². The molecular formula is C39H35N3. The third kappa shape index (κ3) is 4.79. The molecule has 5 aromatic carbocycles. The lowest BCUT2D eigenvalue weighted by Crippen LogP contribution is -2.33. The Hall–Kier alpha value is -4.63. The van der Waals surface area contributed by atoms with Gasteiger partial charge in [-0.15, -0.1) is 0 Å². The van der Waals surface area contributed by atoms with Gasteiger partial charge in [-0.25, -0.2) is 15.0 Å². The van der Waals surface area contributed by atoms with Gasteiger partial charge in [-0.1, -0.05) is 131 Å². The van der Waals surface area contributed by atoms with Gasteiger partial charge in [0.2, 0.25) is 0 Å². The second-order valence-corrected chi connectivity index (χ2v) is 12.8. The van der Waals surface area contributed by atoms with Crippen LogP contribution in [0.25, 0.3) is 56.1 Å². The second-order valence-electron chi connectivity index (χ2n) is 12.8. The largest absolute Gasteiger partial charge is 0.208 e.